The van der Waals surface area contributed by atoms with Gasteiger partial charge in [-0.3, -0.25) is 4.79 Å². The van der Waals surface area contributed by atoms with Gasteiger partial charge in [0.2, 0.25) is 0 Å². The van der Waals surface area contributed by atoms with Crippen LogP contribution in [0, 0.1) is 0 Å². The Bertz CT molecular complexity index is 103. The van der Waals surface area contributed by atoms with Gasteiger partial charge in [-0.1, -0.05) is 0 Å². The van der Waals surface area contributed by atoms with Crippen LogP contribution >= 0.6 is 0 Å². The molecule has 4 heteroatoms. The molecule has 0 aromatic heterocycles. The van der Waals surface area contributed by atoms with E-state index in [0.29, 0.717) is 0 Å². The summed E-state index contributed by atoms with van der Waals surface area (Å²) in [5.74, 6) is -1.53. The molecule has 0 saturated heterocycles. The smallest absolute Gasteiger partial charge is 0.322 e. The molecule has 4 N–H and O–H groups in total. The van der Waals surface area contributed by atoms with Crippen molar-refractivity contribution in [1.82, 2.24) is 0 Å². The summed E-state index contributed by atoms with van der Waals surface area (Å²) in [5, 5.41) is 16.0. The average molecular weight is 107 g/mol. The lowest BCUT2D eigenvalue weighted by Crippen LogP contribution is -2.33. The van der Waals surface area contributed by atoms with E-state index in [1.165, 1.54) is 0 Å². The first-order chi connectivity index (χ1) is 3.50. The maximum Gasteiger partial charge on any atom is 0.322 e. The number of rotatable bonds is 2. The predicted molar refractivity (Wildman–Crippen MR) is 22.7 cm³/mol. The van der Waals surface area contributed by atoms with E-state index in [0.717, 1.165) is 0 Å². The fraction of sp³-hybridized carbons (Fsp3) is 0.667. The highest BCUT2D eigenvalue weighted by atomic mass is 16.4. The molecule has 0 fully saturated rings. The fourth-order valence-electron chi connectivity index (χ4n) is 0.0676. The van der Waals surface area contributed by atoms with Gasteiger partial charge >= 0.3 is 5.97 Å². The summed E-state index contributed by atoms with van der Waals surface area (Å²) in [6.45, 7) is -0.873. The predicted octanol–water partition coefficient (Wildman–Crippen LogP) is -1.61. The second-order valence-corrected chi connectivity index (χ2v) is 0.989. The van der Waals surface area contributed by atoms with Crippen molar-refractivity contribution in [3.63, 3.8) is 0 Å². The number of carboxylic acid groups (broad SMARTS) is 1. The molecule has 0 saturated carbocycles. The summed E-state index contributed by atoms with van der Waals surface area (Å²) in [5.41, 5.74) is 4.68. The van der Waals surface area contributed by atoms with Crippen molar-refractivity contribution < 1.29 is 16.4 Å². The van der Waals surface area contributed by atoms with E-state index in [9.17, 15) is 4.79 Å². The molecule has 42 valence electrons. The number of aliphatic hydroxyl groups excluding tert-OH is 1. The number of aliphatic carboxylic acids is 1. The van der Waals surface area contributed by atoms with Gasteiger partial charge in [0.05, 0.1) is 7.98 Å². The number of carbonyl (C=O) groups is 1. The van der Waals surface area contributed by atoms with Gasteiger partial charge in [0.15, 0.2) is 0 Å². The normalized spacial score (nSPS) is 20.0. The zero-order valence-electron chi connectivity index (χ0n) is 4.59. The molecule has 0 unspecified atom stereocenters. The zero-order valence-corrected chi connectivity index (χ0v) is 3.59. The Morgan fingerprint density at radius 1 is 2.14 bits per heavy atom. The van der Waals surface area contributed by atoms with Crippen LogP contribution in [-0.4, -0.2) is 28.8 Å². The highest BCUT2D eigenvalue weighted by molar-refractivity contribution is 5.73. The maximum atomic E-state index is 9.78. The van der Waals surface area contributed by atoms with Crippen molar-refractivity contribution in [2.24, 2.45) is 5.73 Å². The molecular formula is C3H7NO3. The molecule has 0 aromatic rings. The number of hydrogen-bond acceptors (Lipinski definition) is 3. The average Bonchev–Trinajstić information content (AvgIpc) is 1.67. The van der Waals surface area contributed by atoms with Crippen LogP contribution in [0.2, 0.25) is 0 Å². The van der Waals surface area contributed by atoms with E-state index >= 15 is 0 Å². The summed E-state index contributed by atoms with van der Waals surface area (Å²) in [6.07, 6.45) is 0. The third-order valence-electron chi connectivity index (χ3n) is 0.445. The lowest BCUT2D eigenvalue weighted by Gasteiger charge is -1.96. The molecule has 4 nitrogen and oxygen atoms in total. The molecule has 0 spiro atoms. The number of aliphatic hydroxyl groups is 1. The van der Waals surface area contributed by atoms with Crippen LogP contribution < -0.4 is 5.73 Å². The van der Waals surface area contributed by atoms with Crippen molar-refractivity contribution in [2.75, 3.05) is 6.61 Å². The van der Waals surface area contributed by atoms with E-state index in [-0.39, 0.29) is 0 Å². The molecular weight excluding hydrogens is 99.0 g/mol. The van der Waals surface area contributed by atoms with Gasteiger partial charge in [0.1, 0.15) is 6.02 Å². The molecule has 0 aliphatic rings. The minimum absolute atomic E-state index is 0.873. The van der Waals surface area contributed by atoms with Crippen molar-refractivity contribution in [2.45, 2.75) is 6.02 Å². The van der Waals surface area contributed by atoms with Crippen LogP contribution in [0.5, 0.6) is 0 Å². The van der Waals surface area contributed by atoms with Gasteiger partial charge in [-0.25, -0.2) is 0 Å². The Balaban J connectivity index is 3.91. The van der Waals surface area contributed by atoms with Crippen molar-refractivity contribution in [3.05, 3.63) is 0 Å². The molecule has 0 bridgehead atoms. The van der Waals surface area contributed by atoms with Gasteiger partial charge in [-0.15, -0.1) is 0 Å². The lowest BCUT2D eigenvalue weighted by atomic mass is 10.5. The molecule has 0 amide bonds. The Morgan fingerprint density at radius 2 is 2.57 bits per heavy atom. The summed E-state index contributed by atoms with van der Waals surface area (Å²) in [7, 11) is 0. The Kier molecular flexibility index (Phi) is 1.65. The molecule has 0 aliphatic heterocycles. The largest absolute Gasteiger partial charge is 0.480 e. The van der Waals surface area contributed by atoms with Gasteiger partial charge in [-0.05, 0) is 0 Å². The molecule has 0 heterocycles. The lowest BCUT2D eigenvalue weighted by molar-refractivity contribution is -0.139. The Morgan fingerprint density at radius 3 is 2.57 bits per heavy atom. The van der Waals surface area contributed by atoms with Crippen LogP contribution in [0.4, 0.5) is 0 Å². The Hall–Kier alpha value is -0.610. The summed E-state index contributed by atoms with van der Waals surface area (Å²) in [4.78, 5) is 9.78. The molecule has 0 aliphatic carbocycles. The molecule has 0 radical (unpaired) electrons. The minimum atomic E-state index is -2.24. The first-order valence-corrected chi connectivity index (χ1v) is 1.64. The van der Waals surface area contributed by atoms with E-state index in [2.05, 4.69) is 5.73 Å². The first kappa shape index (κ1) is 4.55. The summed E-state index contributed by atoms with van der Waals surface area (Å²) >= 11 is 0. The van der Waals surface area contributed by atoms with Crippen LogP contribution in [0.25, 0.3) is 0 Å². The number of hydrogen-bond donors (Lipinski definition) is 3. The van der Waals surface area contributed by atoms with Crippen molar-refractivity contribution in [1.29, 1.82) is 0 Å². The van der Waals surface area contributed by atoms with Gasteiger partial charge < -0.3 is 15.9 Å². The minimum Gasteiger partial charge on any atom is -0.480 e. The molecule has 1 atom stereocenters. The van der Waals surface area contributed by atoms with Crippen LogP contribution in [0.15, 0.2) is 0 Å². The van der Waals surface area contributed by atoms with E-state index in [4.69, 9.17) is 11.6 Å². The van der Waals surface area contributed by atoms with E-state index in [1.54, 1.807) is 0 Å². The van der Waals surface area contributed by atoms with Crippen LogP contribution in [0.3, 0.4) is 0 Å². The molecule has 7 heavy (non-hydrogen) atoms. The Labute approximate surface area is 42.0 Å². The monoisotopic (exact) mass is 107 g/mol. The topological polar surface area (TPSA) is 83.5 Å². The highest BCUT2D eigenvalue weighted by Gasteiger charge is 2.06. The van der Waals surface area contributed by atoms with E-state index < -0.39 is 18.6 Å². The first-order valence-electron chi connectivity index (χ1n) is 2.14. The van der Waals surface area contributed by atoms with E-state index in [1.807, 2.05) is 0 Å². The summed E-state index contributed by atoms with van der Waals surface area (Å²) < 4.78 is 6.56. The van der Waals surface area contributed by atoms with Crippen LogP contribution in [0.1, 0.15) is 1.37 Å². The van der Waals surface area contributed by atoms with Gasteiger partial charge in [0.25, 0.3) is 0 Å². The number of carboxylic acids is 1. The second kappa shape index (κ2) is 2.54. The highest BCUT2D eigenvalue weighted by Crippen LogP contribution is 1.71. The summed E-state index contributed by atoms with van der Waals surface area (Å²) in [6, 6.07) is -2.24. The molecule has 0 rings (SSSR count). The van der Waals surface area contributed by atoms with Crippen molar-refractivity contribution in [3.8, 4) is 0 Å². The third kappa shape index (κ3) is 2.13. The van der Waals surface area contributed by atoms with Gasteiger partial charge in [-0.2, -0.15) is 0 Å². The van der Waals surface area contributed by atoms with Gasteiger partial charge in [0, 0.05) is 0 Å². The second-order valence-electron chi connectivity index (χ2n) is 0.989. The maximum absolute atomic E-state index is 9.78. The standard InChI is InChI=1S/C3H7NO3/c4-2(1-5)3(6)7/h2,5H,1,4H2,(H,6,7)/t2-/m0/s1/i1+1,2D. The van der Waals surface area contributed by atoms with Crippen LogP contribution in [-0.2, 0) is 4.79 Å². The zero-order chi connectivity index (χ0) is 6.78. The number of nitrogens with two attached hydrogens (primary N) is 1. The van der Waals surface area contributed by atoms with Crippen molar-refractivity contribution >= 4 is 5.97 Å². The third-order valence-corrected chi connectivity index (χ3v) is 0.445. The quantitative estimate of drug-likeness (QED) is 0.371. The SMILES string of the molecule is [2H][C@](N)([13CH2]O)C(=O)O. The fourth-order valence-corrected chi connectivity index (χ4v) is 0.0676. The molecule has 0 aromatic carbocycles.